The molecule has 0 bridgehead atoms. The molecule has 2 fully saturated rings. The first-order chi connectivity index (χ1) is 15.9. The summed E-state index contributed by atoms with van der Waals surface area (Å²) in [6.07, 6.45) is 4.59. The molecule has 0 atom stereocenters. The molecule has 0 spiro atoms. The van der Waals surface area contributed by atoms with Crippen molar-refractivity contribution in [3.63, 3.8) is 0 Å². The van der Waals surface area contributed by atoms with Gasteiger partial charge in [-0.05, 0) is 49.9 Å². The molecule has 3 heterocycles. The SMILES string of the molecule is CCc1nc(CN2CCN(C(=O)CS(=O)(=O)Nc3ccc(N4CCCCC4)cc3)CC2)cs1. The van der Waals surface area contributed by atoms with Crippen LogP contribution >= 0.6 is 11.3 Å². The van der Waals surface area contributed by atoms with E-state index in [1.165, 1.54) is 19.3 Å². The van der Waals surface area contributed by atoms with Gasteiger partial charge in [-0.25, -0.2) is 13.4 Å². The molecular weight excluding hydrogens is 458 g/mol. The van der Waals surface area contributed by atoms with Crippen molar-refractivity contribution in [1.82, 2.24) is 14.8 Å². The van der Waals surface area contributed by atoms with Gasteiger partial charge in [0.2, 0.25) is 15.9 Å². The summed E-state index contributed by atoms with van der Waals surface area (Å²) in [5, 5.41) is 3.23. The summed E-state index contributed by atoms with van der Waals surface area (Å²) in [6, 6.07) is 7.42. The molecule has 0 saturated carbocycles. The number of sulfonamides is 1. The molecule has 1 aromatic carbocycles. The predicted octanol–water partition coefficient (Wildman–Crippen LogP) is 2.78. The lowest BCUT2D eigenvalue weighted by molar-refractivity contribution is -0.130. The molecule has 2 aliphatic heterocycles. The Labute approximate surface area is 200 Å². The van der Waals surface area contributed by atoms with Crippen LogP contribution in [0.4, 0.5) is 11.4 Å². The molecule has 180 valence electrons. The van der Waals surface area contributed by atoms with E-state index in [0.29, 0.717) is 18.8 Å². The maximum atomic E-state index is 12.6. The van der Waals surface area contributed by atoms with Crippen molar-refractivity contribution in [3.05, 3.63) is 40.3 Å². The molecule has 1 amide bonds. The number of rotatable bonds is 8. The summed E-state index contributed by atoms with van der Waals surface area (Å²) >= 11 is 1.68. The Kier molecular flexibility index (Phi) is 7.87. The van der Waals surface area contributed by atoms with Crippen LogP contribution < -0.4 is 9.62 Å². The predicted molar refractivity (Wildman–Crippen MR) is 133 cm³/mol. The first-order valence-corrected chi connectivity index (χ1v) is 14.2. The van der Waals surface area contributed by atoms with Gasteiger partial charge >= 0.3 is 0 Å². The van der Waals surface area contributed by atoms with Gasteiger partial charge < -0.3 is 9.80 Å². The third-order valence-corrected chi connectivity index (χ3v) is 8.40. The van der Waals surface area contributed by atoms with Gasteiger partial charge in [0, 0.05) is 62.6 Å². The quantitative estimate of drug-likeness (QED) is 0.611. The second-order valence-electron chi connectivity index (χ2n) is 8.70. The van der Waals surface area contributed by atoms with Crippen LogP contribution in [-0.4, -0.2) is 74.1 Å². The molecule has 1 aromatic heterocycles. The van der Waals surface area contributed by atoms with Gasteiger partial charge in [0.05, 0.1) is 10.7 Å². The summed E-state index contributed by atoms with van der Waals surface area (Å²) < 4.78 is 27.7. The number of hydrogen-bond acceptors (Lipinski definition) is 7. The molecule has 0 radical (unpaired) electrons. The van der Waals surface area contributed by atoms with E-state index in [1.807, 2.05) is 12.1 Å². The number of aromatic nitrogens is 1. The summed E-state index contributed by atoms with van der Waals surface area (Å²) in [5.74, 6) is -0.888. The summed E-state index contributed by atoms with van der Waals surface area (Å²) in [6.45, 7) is 7.44. The van der Waals surface area contributed by atoms with Gasteiger partial charge in [-0.3, -0.25) is 14.4 Å². The zero-order chi connectivity index (χ0) is 23.3. The van der Waals surface area contributed by atoms with E-state index in [1.54, 1.807) is 28.4 Å². The minimum atomic E-state index is -3.76. The lowest BCUT2D eigenvalue weighted by Crippen LogP contribution is -2.50. The Hall–Kier alpha value is -2.17. The molecule has 2 saturated heterocycles. The van der Waals surface area contributed by atoms with E-state index in [0.717, 1.165) is 55.5 Å². The van der Waals surface area contributed by atoms with Crippen LogP contribution in [0.15, 0.2) is 29.6 Å². The fourth-order valence-corrected chi connectivity index (χ4v) is 6.14. The second kappa shape index (κ2) is 10.8. The Morgan fingerprint density at radius 2 is 1.73 bits per heavy atom. The highest BCUT2D eigenvalue weighted by atomic mass is 32.2. The second-order valence-corrected chi connectivity index (χ2v) is 11.4. The Morgan fingerprint density at radius 3 is 2.36 bits per heavy atom. The zero-order valence-electron chi connectivity index (χ0n) is 19.2. The highest BCUT2D eigenvalue weighted by molar-refractivity contribution is 7.93. The average molecular weight is 492 g/mol. The smallest absolute Gasteiger partial charge is 0.241 e. The third kappa shape index (κ3) is 6.68. The van der Waals surface area contributed by atoms with Gasteiger partial charge in [-0.15, -0.1) is 11.3 Å². The number of piperidine rings is 1. The molecule has 0 unspecified atom stereocenters. The first kappa shape index (κ1) is 24.0. The van der Waals surface area contributed by atoms with Crippen LogP contribution in [0, 0.1) is 0 Å². The van der Waals surface area contributed by atoms with Crippen LogP contribution in [0.2, 0.25) is 0 Å². The number of hydrogen-bond donors (Lipinski definition) is 1. The minimum Gasteiger partial charge on any atom is -0.372 e. The minimum absolute atomic E-state index is 0.353. The molecule has 8 nitrogen and oxygen atoms in total. The summed E-state index contributed by atoms with van der Waals surface area (Å²) in [4.78, 5) is 23.5. The number of nitrogens with one attached hydrogen (secondary N) is 1. The largest absolute Gasteiger partial charge is 0.372 e. The average Bonchev–Trinajstić information content (AvgIpc) is 3.27. The van der Waals surface area contributed by atoms with Crippen LogP contribution in [0.1, 0.15) is 36.9 Å². The third-order valence-electron chi connectivity index (χ3n) is 6.19. The molecule has 4 rings (SSSR count). The molecule has 2 aromatic rings. The van der Waals surface area contributed by atoms with Crippen LogP contribution in [0.3, 0.4) is 0 Å². The number of thiazole rings is 1. The van der Waals surface area contributed by atoms with E-state index in [2.05, 4.69) is 31.8 Å². The maximum absolute atomic E-state index is 12.6. The first-order valence-electron chi connectivity index (χ1n) is 11.7. The highest BCUT2D eigenvalue weighted by Gasteiger charge is 2.26. The van der Waals surface area contributed by atoms with E-state index in [4.69, 9.17) is 0 Å². The lowest BCUT2D eigenvalue weighted by atomic mass is 10.1. The van der Waals surface area contributed by atoms with Gasteiger partial charge in [0.25, 0.3) is 0 Å². The molecule has 33 heavy (non-hydrogen) atoms. The normalized spacial score (nSPS) is 17.8. The molecular formula is C23H33N5O3S2. The summed E-state index contributed by atoms with van der Waals surface area (Å²) in [7, 11) is -3.76. The van der Waals surface area contributed by atoms with E-state index >= 15 is 0 Å². The Bertz CT molecular complexity index is 1020. The van der Waals surface area contributed by atoms with Crippen molar-refractivity contribution in [2.45, 2.75) is 39.2 Å². The number of benzene rings is 1. The molecule has 10 heteroatoms. The lowest BCUT2D eigenvalue weighted by Gasteiger charge is -2.34. The number of anilines is 2. The monoisotopic (exact) mass is 491 g/mol. The maximum Gasteiger partial charge on any atom is 0.241 e. The fraction of sp³-hybridized carbons (Fsp3) is 0.565. The topological polar surface area (TPSA) is 85.9 Å². The Morgan fingerprint density at radius 1 is 1.03 bits per heavy atom. The number of aryl methyl sites for hydroxylation is 1. The van der Waals surface area contributed by atoms with Crippen molar-refractivity contribution in [2.24, 2.45) is 0 Å². The van der Waals surface area contributed by atoms with E-state index in [9.17, 15) is 13.2 Å². The van der Waals surface area contributed by atoms with Crippen molar-refractivity contribution < 1.29 is 13.2 Å². The highest BCUT2D eigenvalue weighted by Crippen LogP contribution is 2.22. The zero-order valence-corrected chi connectivity index (χ0v) is 20.8. The van der Waals surface area contributed by atoms with Crippen molar-refractivity contribution in [3.8, 4) is 0 Å². The van der Waals surface area contributed by atoms with Gasteiger partial charge in [-0.2, -0.15) is 0 Å². The van der Waals surface area contributed by atoms with Crippen molar-refractivity contribution in [2.75, 3.05) is 54.6 Å². The van der Waals surface area contributed by atoms with Crippen LogP contribution in [-0.2, 0) is 27.8 Å². The molecule has 2 aliphatic rings. The Balaban J connectivity index is 1.24. The number of piperazine rings is 1. The molecule has 1 N–H and O–H groups in total. The van der Waals surface area contributed by atoms with Gasteiger partial charge in [0.1, 0.15) is 5.75 Å². The van der Waals surface area contributed by atoms with E-state index in [-0.39, 0.29) is 5.91 Å². The number of nitrogens with zero attached hydrogens (tertiary/aromatic N) is 4. The van der Waals surface area contributed by atoms with Gasteiger partial charge in [-0.1, -0.05) is 6.92 Å². The molecule has 0 aliphatic carbocycles. The van der Waals surface area contributed by atoms with Crippen molar-refractivity contribution in [1.29, 1.82) is 0 Å². The number of carbonyl (C=O) groups excluding carboxylic acids is 1. The van der Waals surface area contributed by atoms with Crippen LogP contribution in [0.25, 0.3) is 0 Å². The van der Waals surface area contributed by atoms with Crippen molar-refractivity contribution >= 4 is 38.6 Å². The number of carbonyl (C=O) groups is 1. The fourth-order valence-electron chi connectivity index (χ4n) is 4.33. The van der Waals surface area contributed by atoms with Gasteiger partial charge in [0.15, 0.2) is 0 Å². The summed E-state index contributed by atoms with van der Waals surface area (Å²) in [5.41, 5.74) is 2.66. The van der Waals surface area contributed by atoms with Crippen LogP contribution in [0.5, 0.6) is 0 Å². The van der Waals surface area contributed by atoms with E-state index < -0.39 is 15.8 Å². The standard InChI is InChI=1S/C23H33N5O3S2/c1-2-22-24-20(17-32-22)16-26-12-14-28(15-13-26)23(29)18-33(30,31)25-19-6-8-21(9-7-19)27-10-4-3-5-11-27/h6-9,17,25H,2-5,10-16,18H2,1H3. The number of amides is 1.